The molecule has 26 heavy (non-hydrogen) atoms. The van der Waals surface area contributed by atoms with E-state index in [0.717, 1.165) is 25.3 Å². The topological polar surface area (TPSA) is 74.6 Å². The molecule has 5 rings (SSSR count). The van der Waals surface area contributed by atoms with Crippen LogP contribution in [0.2, 0.25) is 0 Å². The fraction of sp³-hybridized carbons (Fsp3) is 0.444. The Kier molecular flexibility index (Phi) is 3.19. The summed E-state index contributed by atoms with van der Waals surface area (Å²) in [5.74, 6) is -2.97. The van der Waals surface area contributed by atoms with Gasteiger partial charge in [-0.25, -0.2) is 13.6 Å². The quantitative estimate of drug-likeness (QED) is 0.873. The van der Waals surface area contributed by atoms with E-state index < -0.39 is 28.6 Å². The summed E-state index contributed by atoms with van der Waals surface area (Å²) in [5, 5.41) is 12.4. The molecule has 0 unspecified atom stereocenters. The van der Waals surface area contributed by atoms with Gasteiger partial charge in [-0.15, -0.1) is 0 Å². The van der Waals surface area contributed by atoms with E-state index in [2.05, 4.69) is 5.32 Å². The molecule has 2 aliphatic heterocycles. The number of nitrogens with zero attached hydrogens (tertiary/aromatic N) is 2. The van der Waals surface area contributed by atoms with Gasteiger partial charge in [0.05, 0.1) is 10.9 Å². The SMILES string of the molecule is O=C(O)c1cn(C2CC2)c2c(F)c(N3C[C@@H]4C[C@H]3CN4)c(F)cc2c1=O. The lowest BCUT2D eigenvalue weighted by Gasteiger charge is -2.30. The first-order valence-electron chi connectivity index (χ1n) is 8.76. The molecule has 2 saturated heterocycles. The van der Waals surface area contributed by atoms with Crippen molar-refractivity contribution in [3.05, 3.63) is 39.7 Å². The third-order valence-electron chi connectivity index (χ3n) is 5.70. The van der Waals surface area contributed by atoms with E-state index >= 15 is 4.39 Å². The minimum absolute atomic E-state index is 0.00892. The van der Waals surface area contributed by atoms with Crippen LogP contribution < -0.4 is 15.6 Å². The van der Waals surface area contributed by atoms with Crippen LogP contribution in [0.25, 0.3) is 10.9 Å². The Morgan fingerprint density at radius 3 is 2.62 bits per heavy atom. The number of halogens is 2. The maximum absolute atomic E-state index is 15.5. The molecule has 0 radical (unpaired) electrons. The number of aromatic carboxylic acids is 1. The zero-order chi connectivity index (χ0) is 18.2. The standard InChI is InChI=1S/C18H17F2N3O3/c19-13-4-11-15(14(20)16(13)22-6-8-3-10(22)5-21-8)23(9-1-2-9)7-12(17(11)24)18(25)26/h4,7-10,21H,1-3,5-6H2,(H,25,26)/t8-,10-/m0/s1. The summed E-state index contributed by atoms with van der Waals surface area (Å²) in [6.45, 7) is 1.19. The number of aromatic nitrogens is 1. The Bertz CT molecular complexity index is 1020. The second-order valence-electron chi connectivity index (χ2n) is 7.38. The molecular weight excluding hydrogens is 344 g/mol. The van der Waals surface area contributed by atoms with E-state index in [0.29, 0.717) is 13.1 Å². The van der Waals surface area contributed by atoms with Gasteiger partial charge >= 0.3 is 5.97 Å². The Morgan fingerprint density at radius 1 is 1.27 bits per heavy atom. The first-order valence-corrected chi connectivity index (χ1v) is 8.76. The first-order chi connectivity index (χ1) is 12.5. The molecule has 6 nitrogen and oxygen atoms in total. The molecule has 8 heteroatoms. The monoisotopic (exact) mass is 361 g/mol. The number of carboxylic acid groups (broad SMARTS) is 1. The molecule has 136 valence electrons. The third kappa shape index (κ3) is 2.11. The Morgan fingerprint density at radius 2 is 2.04 bits per heavy atom. The summed E-state index contributed by atoms with van der Waals surface area (Å²) in [4.78, 5) is 25.6. The molecule has 1 aliphatic carbocycles. The van der Waals surface area contributed by atoms with Crippen molar-refractivity contribution < 1.29 is 18.7 Å². The molecule has 2 bridgehead atoms. The summed E-state index contributed by atoms with van der Waals surface area (Å²) in [6.07, 6.45) is 3.60. The van der Waals surface area contributed by atoms with Gasteiger partial charge in [-0.3, -0.25) is 4.79 Å². The summed E-state index contributed by atoms with van der Waals surface area (Å²) in [5.41, 5.74) is -1.41. The molecule has 2 aromatic rings. The highest BCUT2D eigenvalue weighted by atomic mass is 19.1. The molecule has 0 spiro atoms. The molecule has 3 fully saturated rings. The van der Waals surface area contributed by atoms with Gasteiger partial charge in [0.2, 0.25) is 5.43 Å². The summed E-state index contributed by atoms with van der Waals surface area (Å²) in [7, 11) is 0. The minimum atomic E-state index is -1.39. The van der Waals surface area contributed by atoms with Gasteiger partial charge in [0.1, 0.15) is 17.1 Å². The fourth-order valence-electron chi connectivity index (χ4n) is 4.32. The number of nitrogens with one attached hydrogen (secondary N) is 1. The van der Waals surface area contributed by atoms with Crippen LogP contribution in [0.3, 0.4) is 0 Å². The molecule has 3 aliphatic rings. The van der Waals surface area contributed by atoms with E-state index in [1.54, 1.807) is 4.90 Å². The van der Waals surface area contributed by atoms with Gasteiger partial charge in [-0.05, 0) is 25.3 Å². The minimum Gasteiger partial charge on any atom is -0.477 e. The average Bonchev–Trinajstić information content (AvgIpc) is 3.22. The third-order valence-corrected chi connectivity index (χ3v) is 5.70. The molecule has 0 amide bonds. The summed E-state index contributed by atoms with van der Waals surface area (Å²) < 4.78 is 31.8. The predicted octanol–water partition coefficient (Wildman–Crippen LogP) is 1.86. The number of anilines is 1. The second-order valence-corrected chi connectivity index (χ2v) is 7.38. The zero-order valence-electron chi connectivity index (χ0n) is 13.8. The first kappa shape index (κ1) is 15.7. The number of hydrogen-bond acceptors (Lipinski definition) is 4. The maximum Gasteiger partial charge on any atom is 0.341 e. The number of hydrogen-bond donors (Lipinski definition) is 2. The van der Waals surface area contributed by atoms with Crippen molar-refractivity contribution in [3.8, 4) is 0 Å². The van der Waals surface area contributed by atoms with E-state index in [4.69, 9.17) is 0 Å². The number of piperazine rings is 1. The Balaban J connectivity index is 1.79. The smallest absolute Gasteiger partial charge is 0.341 e. The van der Waals surface area contributed by atoms with Crippen molar-refractivity contribution in [3.63, 3.8) is 0 Å². The lowest BCUT2D eigenvalue weighted by atomic mass is 10.1. The molecule has 1 aromatic heterocycles. The predicted molar refractivity (Wildman–Crippen MR) is 90.9 cm³/mol. The highest BCUT2D eigenvalue weighted by Crippen LogP contribution is 2.41. The van der Waals surface area contributed by atoms with Crippen LogP contribution in [0.15, 0.2) is 17.1 Å². The van der Waals surface area contributed by atoms with Gasteiger partial charge in [0, 0.05) is 37.4 Å². The van der Waals surface area contributed by atoms with Crippen LogP contribution in [0.5, 0.6) is 0 Å². The van der Waals surface area contributed by atoms with Crippen LogP contribution in [0, 0.1) is 11.6 Å². The van der Waals surface area contributed by atoms with E-state index in [-0.39, 0.29) is 34.7 Å². The van der Waals surface area contributed by atoms with Crippen molar-refractivity contribution in [2.24, 2.45) is 0 Å². The fourth-order valence-corrected chi connectivity index (χ4v) is 4.32. The lowest BCUT2D eigenvalue weighted by molar-refractivity contribution is 0.0695. The van der Waals surface area contributed by atoms with Crippen molar-refractivity contribution in [1.82, 2.24) is 9.88 Å². The number of fused-ring (bicyclic) bond motifs is 3. The maximum atomic E-state index is 15.5. The van der Waals surface area contributed by atoms with Crippen LogP contribution in [-0.2, 0) is 0 Å². The van der Waals surface area contributed by atoms with E-state index in [1.807, 2.05) is 0 Å². The van der Waals surface area contributed by atoms with Crippen LogP contribution in [0.4, 0.5) is 14.5 Å². The molecule has 2 N–H and O–H groups in total. The largest absolute Gasteiger partial charge is 0.477 e. The highest BCUT2D eigenvalue weighted by Gasteiger charge is 2.41. The van der Waals surface area contributed by atoms with Crippen LogP contribution >= 0.6 is 0 Å². The summed E-state index contributed by atoms with van der Waals surface area (Å²) >= 11 is 0. The number of rotatable bonds is 3. The second kappa shape index (κ2) is 5.26. The van der Waals surface area contributed by atoms with Crippen LogP contribution in [-0.4, -0.2) is 40.8 Å². The molecule has 2 atom stereocenters. The normalized spacial score (nSPS) is 24.6. The number of pyridine rings is 1. The summed E-state index contributed by atoms with van der Waals surface area (Å²) in [6, 6.07) is 1.19. The van der Waals surface area contributed by atoms with Gasteiger partial charge in [-0.2, -0.15) is 0 Å². The number of benzene rings is 1. The lowest BCUT2D eigenvalue weighted by Crippen LogP contribution is -2.44. The Labute approximate surface area is 147 Å². The van der Waals surface area contributed by atoms with Crippen molar-refractivity contribution in [2.45, 2.75) is 37.4 Å². The van der Waals surface area contributed by atoms with E-state index in [1.165, 1.54) is 10.8 Å². The van der Waals surface area contributed by atoms with Gasteiger partial charge < -0.3 is 19.9 Å². The van der Waals surface area contributed by atoms with Crippen molar-refractivity contribution in [1.29, 1.82) is 0 Å². The number of carboxylic acids is 1. The molecular formula is C18H17F2N3O3. The van der Waals surface area contributed by atoms with Gasteiger partial charge in [-0.1, -0.05) is 0 Å². The van der Waals surface area contributed by atoms with Gasteiger partial charge in [0.25, 0.3) is 0 Å². The molecule has 1 saturated carbocycles. The van der Waals surface area contributed by atoms with Crippen LogP contribution in [0.1, 0.15) is 35.7 Å². The number of carbonyl (C=O) groups is 1. The van der Waals surface area contributed by atoms with E-state index in [9.17, 15) is 19.1 Å². The average molecular weight is 361 g/mol. The van der Waals surface area contributed by atoms with Gasteiger partial charge in [0.15, 0.2) is 5.82 Å². The van der Waals surface area contributed by atoms with Crippen molar-refractivity contribution >= 4 is 22.6 Å². The zero-order valence-corrected chi connectivity index (χ0v) is 13.8. The Hall–Kier alpha value is -2.48. The highest BCUT2D eigenvalue weighted by molar-refractivity contribution is 5.94. The molecule has 1 aromatic carbocycles. The molecule has 3 heterocycles. The van der Waals surface area contributed by atoms with Crippen molar-refractivity contribution in [2.75, 3.05) is 18.0 Å².